The van der Waals surface area contributed by atoms with E-state index >= 15 is 0 Å². The van der Waals surface area contributed by atoms with Crippen LogP contribution in [0.5, 0.6) is 0 Å². The summed E-state index contributed by atoms with van der Waals surface area (Å²) in [5.41, 5.74) is 1.58. The summed E-state index contributed by atoms with van der Waals surface area (Å²) in [5.74, 6) is 0.856. The Labute approximate surface area is 122 Å². The van der Waals surface area contributed by atoms with Gasteiger partial charge in [-0.25, -0.2) is 0 Å². The Morgan fingerprint density at radius 1 is 1.26 bits per heavy atom. The maximum absolute atomic E-state index is 6.47. The van der Waals surface area contributed by atoms with E-state index in [0.29, 0.717) is 6.04 Å². The van der Waals surface area contributed by atoms with Gasteiger partial charge in [-0.1, -0.05) is 50.6 Å². The van der Waals surface area contributed by atoms with Crippen molar-refractivity contribution in [1.29, 1.82) is 0 Å². The Hall–Kier alpha value is -0.530. The van der Waals surface area contributed by atoms with Crippen LogP contribution in [0, 0.1) is 5.92 Å². The van der Waals surface area contributed by atoms with Crippen LogP contribution in [0.25, 0.3) is 0 Å². The van der Waals surface area contributed by atoms with E-state index in [2.05, 4.69) is 38.2 Å². The molecule has 0 aliphatic heterocycles. The zero-order valence-electron chi connectivity index (χ0n) is 12.4. The maximum atomic E-state index is 6.47. The largest absolute Gasteiger partial charge is 0.314 e. The molecule has 1 fully saturated rings. The highest BCUT2D eigenvalue weighted by Crippen LogP contribution is 2.43. The van der Waals surface area contributed by atoms with Crippen LogP contribution < -0.4 is 5.32 Å². The van der Waals surface area contributed by atoms with Gasteiger partial charge >= 0.3 is 0 Å². The van der Waals surface area contributed by atoms with Crippen LogP contribution >= 0.6 is 11.6 Å². The highest BCUT2D eigenvalue weighted by molar-refractivity contribution is 6.31. The fourth-order valence-corrected chi connectivity index (χ4v) is 3.48. The van der Waals surface area contributed by atoms with Crippen molar-refractivity contribution in [2.24, 2.45) is 5.92 Å². The molecule has 1 aliphatic carbocycles. The first kappa shape index (κ1) is 14.9. The molecule has 0 unspecified atom stereocenters. The van der Waals surface area contributed by atoms with E-state index in [9.17, 15) is 0 Å². The van der Waals surface area contributed by atoms with Gasteiger partial charge in [0.15, 0.2) is 0 Å². The average molecular weight is 280 g/mol. The molecule has 1 aliphatic rings. The Kier molecular flexibility index (Phi) is 4.92. The number of halogens is 1. The van der Waals surface area contributed by atoms with E-state index in [1.165, 1.54) is 31.2 Å². The molecular weight excluding hydrogens is 254 g/mol. The fourth-order valence-electron chi connectivity index (χ4n) is 3.15. The third-order valence-corrected chi connectivity index (χ3v) is 4.85. The first-order valence-electron chi connectivity index (χ1n) is 7.52. The molecule has 0 spiro atoms. The molecule has 1 N–H and O–H groups in total. The number of benzene rings is 1. The second-order valence-corrected chi connectivity index (χ2v) is 6.89. The molecule has 0 atom stereocenters. The first-order valence-corrected chi connectivity index (χ1v) is 7.90. The molecule has 0 radical (unpaired) electrons. The van der Waals surface area contributed by atoms with Crippen LogP contribution in [0.4, 0.5) is 0 Å². The van der Waals surface area contributed by atoms with Gasteiger partial charge in [-0.3, -0.25) is 0 Å². The van der Waals surface area contributed by atoms with E-state index in [1.807, 2.05) is 12.1 Å². The smallest absolute Gasteiger partial charge is 0.0444 e. The summed E-state index contributed by atoms with van der Waals surface area (Å²) >= 11 is 6.47. The lowest BCUT2D eigenvalue weighted by molar-refractivity contribution is 0.229. The summed E-state index contributed by atoms with van der Waals surface area (Å²) in [6.07, 6.45) is 5.12. The number of rotatable bonds is 4. The van der Waals surface area contributed by atoms with Crippen molar-refractivity contribution in [3.8, 4) is 0 Å². The molecule has 0 aromatic heterocycles. The zero-order chi connectivity index (χ0) is 13.9. The maximum Gasteiger partial charge on any atom is 0.0444 e. The lowest BCUT2D eigenvalue weighted by Gasteiger charge is -2.41. The Morgan fingerprint density at radius 3 is 2.47 bits per heavy atom. The molecule has 0 heterocycles. The minimum absolute atomic E-state index is 0.231. The number of hydrogen-bond donors (Lipinski definition) is 1. The van der Waals surface area contributed by atoms with Crippen molar-refractivity contribution < 1.29 is 0 Å². The second kappa shape index (κ2) is 6.28. The quantitative estimate of drug-likeness (QED) is 0.836. The summed E-state index contributed by atoms with van der Waals surface area (Å²) in [5, 5.41) is 4.57. The van der Waals surface area contributed by atoms with Gasteiger partial charge in [0.05, 0.1) is 0 Å². The van der Waals surface area contributed by atoms with Gasteiger partial charge in [0.2, 0.25) is 0 Å². The van der Waals surface area contributed by atoms with Crippen molar-refractivity contribution in [1.82, 2.24) is 5.32 Å². The minimum Gasteiger partial charge on any atom is -0.314 e. The molecule has 1 saturated carbocycles. The summed E-state index contributed by atoms with van der Waals surface area (Å²) < 4.78 is 0. The van der Waals surface area contributed by atoms with Crippen molar-refractivity contribution in [2.45, 2.75) is 57.9 Å². The Bertz CT molecular complexity index is 405. The predicted octanol–water partition coefficient (Wildman–Crippen LogP) is 4.79. The monoisotopic (exact) mass is 279 g/mol. The van der Waals surface area contributed by atoms with E-state index < -0.39 is 0 Å². The Morgan fingerprint density at radius 2 is 1.89 bits per heavy atom. The van der Waals surface area contributed by atoms with Gasteiger partial charge in [0.1, 0.15) is 0 Å². The summed E-state index contributed by atoms with van der Waals surface area (Å²) in [4.78, 5) is 0. The Balaban J connectivity index is 2.26. The van der Waals surface area contributed by atoms with Crippen molar-refractivity contribution >= 4 is 11.6 Å². The SMILES string of the molecule is CC1CCC(CNC(C)C)(c2ccccc2Cl)CC1. The standard InChI is InChI=1S/C17H26ClN/c1-13(2)19-12-17(10-8-14(3)9-11-17)15-6-4-5-7-16(15)18/h4-7,13-14,19H,8-12H2,1-3H3. The summed E-state index contributed by atoms with van der Waals surface area (Å²) in [7, 11) is 0. The van der Waals surface area contributed by atoms with Gasteiger partial charge in [-0.2, -0.15) is 0 Å². The summed E-state index contributed by atoms with van der Waals surface area (Å²) in [6, 6.07) is 8.93. The van der Waals surface area contributed by atoms with E-state index in [0.717, 1.165) is 17.5 Å². The molecule has 0 bridgehead atoms. The van der Waals surface area contributed by atoms with Gasteiger partial charge in [-0.15, -0.1) is 0 Å². The average Bonchev–Trinajstić information content (AvgIpc) is 2.39. The van der Waals surface area contributed by atoms with E-state index in [-0.39, 0.29) is 5.41 Å². The molecule has 19 heavy (non-hydrogen) atoms. The zero-order valence-corrected chi connectivity index (χ0v) is 13.1. The predicted molar refractivity (Wildman–Crippen MR) is 83.9 cm³/mol. The molecule has 1 nitrogen and oxygen atoms in total. The van der Waals surface area contributed by atoms with Crippen LogP contribution in [-0.2, 0) is 5.41 Å². The summed E-state index contributed by atoms with van der Waals surface area (Å²) in [6.45, 7) is 7.84. The normalized spacial score (nSPS) is 27.7. The van der Waals surface area contributed by atoms with E-state index in [4.69, 9.17) is 11.6 Å². The topological polar surface area (TPSA) is 12.0 Å². The highest BCUT2D eigenvalue weighted by Gasteiger charge is 2.36. The molecule has 2 heteroatoms. The lowest BCUT2D eigenvalue weighted by atomic mass is 9.67. The van der Waals surface area contributed by atoms with Gasteiger partial charge in [-0.05, 0) is 43.2 Å². The third kappa shape index (κ3) is 3.52. The molecule has 0 saturated heterocycles. The molecule has 2 rings (SSSR count). The highest BCUT2D eigenvalue weighted by atomic mass is 35.5. The molecule has 106 valence electrons. The molecule has 1 aromatic carbocycles. The molecular formula is C17H26ClN. The van der Waals surface area contributed by atoms with Crippen LogP contribution in [0.2, 0.25) is 5.02 Å². The van der Waals surface area contributed by atoms with Crippen LogP contribution in [-0.4, -0.2) is 12.6 Å². The van der Waals surface area contributed by atoms with Crippen molar-refractivity contribution in [3.63, 3.8) is 0 Å². The minimum atomic E-state index is 0.231. The van der Waals surface area contributed by atoms with Crippen LogP contribution in [0.1, 0.15) is 52.0 Å². The van der Waals surface area contributed by atoms with E-state index in [1.54, 1.807) is 0 Å². The molecule has 0 amide bonds. The van der Waals surface area contributed by atoms with Gasteiger partial charge < -0.3 is 5.32 Å². The number of hydrogen-bond acceptors (Lipinski definition) is 1. The first-order chi connectivity index (χ1) is 9.03. The fraction of sp³-hybridized carbons (Fsp3) is 0.647. The van der Waals surface area contributed by atoms with Gasteiger partial charge in [0, 0.05) is 23.0 Å². The van der Waals surface area contributed by atoms with Crippen LogP contribution in [0.15, 0.2) is 24.3 Å². The van der Waals surface area contributed by atoms with Crippen molar-refractivity contribution in [3.05, 3.63) is 34.9 Å². The lowest BCUT2D eigenvalue weighted by Crippen LogP contribution is -2.43. The molecule has 1 aromatic rings. The second-order valence-electron chi connectivity index (χ2n) is 6.48. The third-order valence-electron chi connectivity index (χ3n) is 4.53. The van der Waals surface area contributed by atoms with Gasteiger partial charge in [0.25, 0.3) is 0 Å². The van der Waals surface area contributed by atoms with Crippen LogP contribution in [0.3, 0.4) is 0 Å². The van der Waals surface area contributed by atoms with Crippen molar-refractivity contribution in [2.75, 3.05) is 6.54 Å². The number of nitrogens with one attached hydrogen (secondary N) is 1.